The third-order valence-corrected chi connectivity index (χ3v) is 2.51. The average Bonchev–Trinajstić information content (AvgIpc) is 2.64. The molecule has 1 fully saturated rings. The number of benzene rings is 1. The first kappa shape index (κ1) is 9.34. The molecule has 0 saturated carbocycles. The maximum absolute atomic E-state index is 9.50. The first-order chi connectivity index (χ1) is 6.75. The predicted molar refractivity (Wildman–Crippen MR) is 55.7 cm³/mol. The average molecular weight is 193 g/mol. The molecule has 1 atom stereocenters. The van der Waals surface area contributed by atoms with Crippen molar-refractivity contribution >= 4 is 5.69 Å². The molecule has 2 N–H and O–H groups in total. The maximum atomic E-state index is 9.50. The lowest BCUT2D eigenvalue weighted by molar-refractivity contribution is 0.195. The number of nitrogens with one attached hydrogen (secondary N) is 1. The topological polar surface area (TPSA) is 41.5 Å². The zero-order valence-corrected chi connectivity index (χ0v) is 8.29. The summed E-state index contributed by atoms with van der Waals surface area (Å²) in [4.78, 5) is 0. The van der Waals surface area contributed by atoms with E-state index in [0.29, 0.717) is 11.8 Å². The second kappa shape index (κ2) is 3.88. The lowest BCUT2D eigenvalue weighted by Gasteiger charge is -2.12. The molecule has 0 amide bonds. The minimum absolute atomic E-state index is 0.342. The van der Waals surface area contributed by atoms with E-state index < -0.39 is 0 Å². The number of phenols is 1. The van der Waals surface area contributed by atoms with E-state index >= 15 is 0 Å². The molecule has 1 aromatic carbocycles. The second-order valence-electron chi connectivity index (χ2n) is 3.71. The number of phenolic OH excluding ortho intramolecular Hbond substituents is 1. The summed E-state index contributed by atoms with van der Waals surface area (Å²) in [5.74, 6) is 0.342. The van der Waals surface area contributed by atoms with Crippen LogP contribution in [0.3, 0.4) is 0 Å². The number of rotatable bonds is 2. The Hall–Kier alpha value is -1.22. The number of aryl methyl sites for hydroxylation is 1. The molecule has 2 rings (SSSR count). The van der Waals surface area contributed by atoms with Gasteiger partial charge in [-0.05, 0) is 25.0 Å². The van der Waals surface area contributed by atoms with Gasteiger partial charge in [0.1, 0.15) is 5.75 Å². The van der Waals surface area contributed by atoms with Gasteiger partial charge in [-0.2, -0.15) is 0 Å². The zero-order chi connectivity index (χ0) is 9.97. The minimum atomic E-state index is 0.342. The molecule has 1 aliphatic heterocycles. The fourth-order valence-electron chi connectivity index (χ4n) is 1.58. The third-order valence-electron chi connectivity index (χ3n) is 2.51. The Morgan fingerprint density at radius 3 is 3.00 bits per heavy atom. The molecule has 1 aliphatic rings. The van der Waals surface area contributed by atoms with Gasteiger partial charge in [-0.3, -0.25) is 0 Å². The summed E-state index contributed by atoms with van der Waals surface area (Å²) in [7, 11) is 0. The largest absolute Gasteiger partial charge is 0.508 e. The molecule has 0 spiro atoms. The van der Waals surface area contributed by atoms with Crippen molar-refractivity contribution in [2.24, 2.45) is 0 Å². The second-order valence-corrected chi connectivity index (χ2v) is 3.71. The first-order valence-corrected chi connectivity index (χ1v) is 4.89. The summed E-state index contributed by atoms with van der Waals surface area (Å²) < 4.78 is 5.26. The molecule has 0 aromatic heterocycles. The van der Waals surface area contributed by atoms with Crippen LogP contribution in [0, 0.1) is 6.92 Å². The molecule has 3 nitrogen and oxygen atoms in total. The highest BCUT2D eigenvalue weighted by Crippen LogP contribution is 2.22. The van der Waals surface area contributed by atoms with E-state index in [1.807, 2.05) is 19.1 Å². The first-order valence-electron chi connectivity index (χ1n) is 4.89. The highest BCUT2D eigenvalue weighted by atomic mass is 16.5. The molecule has 0 aliphatic carbocycles. The normalized spacial score (nSPS) is 21.1. The van der Waals surface area contributed by atoms with E-state index in [9.17, 15) is 5.11 Å². The summed E-state index contributed by atoms with van der Waals surface area (Å²) >= 11 is 0. The van der Waals surface area contributed by atoms with Gasteiger partial charge < -0.3 is 15.2 Å². The van der Waals surface area contributed by atoms with Crippen molar-refractivity contribution in [2.75, 3.05) is 18.5 Å². The fraction of sp³-hybridized carbons (Fsp3) is 0.455. The van der Waals surface area contributed by atoms with E-state index in [1.54, 1.807) is 6.07 Å². The Morgan fingerprint density at radius 1 is 1.50 bits per heavy atom. The lowest BCUT2D eigenvalue weighted by Crippen LogP contribution is -2.18. The van der Waals surface area contributed by atoms with Gasteiger partial charge in [-0.1, -0.05) is 6.07 Å². The van der Waals surface area contributed by atoms with Crippen molar-refractivity contribution in [3.05, 3.63) is 23.8 Å². The van der Waals surface area contributed by atoms with Crippen LogP contribution in [0.25, 0.3) is 0 Å². The van der Waals surface area contributed by atoms with Crippen LogP contribution in [0.4, 0.5) is 5.69 Å². The lowest BCUT2D eigenvalue weighted by atomic mass is 10.2. The standard InChI is InChI=1S/C11H15NO2/c1-8-2-3-9(6-11(8)13)12-10-4-5-14-7-10/h2-3,6,10,12-13H,4-5,7H2,1H3. The Labute approximate surface area is 83.7 Å². The summed E-state index contributed by atoms with van der Waals surface area (Å²) in [5.41, 5.74) is 1.86. The Kier molecular flexibility index (Phi) is 2.59. The molecule has 76 valence electrons. The molecule has 3 heteroatoms. The molecular formula is C11H15NO2. The molecule has 0 radical (unpaired) electrons. The van der Waals surface area contributed by atoms with Crippen molar-refractivity contribution in [1.82, 2.24) is 0 Å². The van der Waals surface area contributed by atoms with Crippen molar-refractivity contribution in [3.8, 4) is 5.75 Å². The third kappa shape index (κ3) is 1.99. The van der Waals surface area contributed by atoms with E-state index in [2.05, 4.69) is 5.32 Å². The van der Waals surface area contributed by atoms with Crippen LogP contribution in [-0.4, -0.2) is 24.4 Å². The fourth-order valence-corrected chi connectivity index (χ4v) is 1.58. The van der Waals surface area contributed by atoms with Crippen LogP contribution >= 0.6 is 0 Å². The van der Waals surface area contributed by atoms with Gasteiger partial charge in [0.25, 0.3) is 0 Å². The van der Waals surface area contributed by atoms with Crippen molar-refractivity contribution in [3.63, 3.8) is 0 Å². The SMILES string of the molecule is Cc1ccc(NC2CCOC2)cc1O. The summed E-state index contributed by atoms with van der Waals surface area (Å²) in [6.45, 7) is 3.47. The van der Waals surface area contributed by atoms with Crippen molar-refractivity contribution in [1.29, 1.82) is 0 Å². The van der Waals surface area contributed by atoms with Crippen LogP contribution in [0.5, 0.6) is 5.75 Å². The van der Waals surface area contributed by atoms with Crippen LogP contribution in [0.1, 0.15) is 12.0 Å². The van der Waals surface area contributed by atoms with Gasteiger partial charge in [-0.25, -0.2) is 0 Å². The van der Waals surface area contributed by atoms with E-state index in [-0.39, 0.29) is 0 Å². The number of anilines is 1. The van der Waals surface area contributed by atoms with Crippen LogP contribution in [-0.2, 0) is 4.74 Å². The van der Waals surface area contributed by atoms with E-state index in [4.69, 9.17) is 4.74 Å². The monoisotopic (exact) mass is 193 g/mol. The Bertz CT molecular complexity index is 319. The van der Waals surface area contributed by atoms with E-state index in [0.717, 1.165) is 30.9 Å². The number of hydrogen-bond acceptors (Lipinski definition) is 3. The quantitative estimate of drug-likeness (QED) is 0.753. The maximum Gasteiger partial charge on any atom is 0.120 e. The predicted octanol–water partition coefficient (Wildman–Crippen LogP) is 1.90. The van der Waals surface area contributed by atoms with Gasteiger partial charge in [0.2, 0.25) is 0 Å². The van der Waals surface area contributed by atoms with Crippen molar-refractivity contribution in [2.45, 2.75) is 19.4 Å². The summed E-state index contributed by atoms with van der Waals surface area (Å²) in [6.07, 6.45) is 1.04. The highest BCUT2D eigenvalue weighted by Gasteiger charge is 2.14. The molecular weight excluding hydrogens is 178 g/mol. The molecule has 0 bridgehead atoms. The molecule has 1 saturated heterocycles. The van der Waals surface area contributed by atoms with Gasteiger partial charge in [0.15, 0.2) is 0 Å². The minimum Gasteiger partial charge on any atom is -0.508 e. The van der Waals surface area contributed by atoms with Gasteiger partial charge >= 0.3 is 0 Å². The smallest absolute Gasteiger partial charge is 0.120 e. The van der Waals surface area contributed by atoms with Gasteiger partial charge in [0, 0.05) is 18.4 Å². The van der Waals surface area contributed by atoms with Crippen LogP contribution < -0.4 is 5.32 Å². The summed E-state index contributed by atoms with van der Waals surface area (Å²) in [5, 5.41) is 12.8. The molecule has 14 heavy (non-hydrogen) atoms. The zero-order valence-electron chi connectivity index (χ0n) is 8.29. The summed E-state index contributed by atoms with van der Waals surface area (Å²) in [6, 6.07) is 6.03. The Balaban J connectivity index is 2.05. The van der Waals surface area contributed by atoms with Gasteiger partial charge in [0.05, 0.1) is 12.6 Å². The Morgan fingerprint density at radius 2 is 2.36 bits per heavy atom. The van der Waals surface area contributed by atoms with E-state index in [1.165, 1.54) is 0 Å². The number of ether oxygens (including phenoxy) is 1. The number of hydrogen-bond donors (Lipinski definition) is 2. The van der Waals surface area contributed by atoms with Gasteiger partial charge in [-0.15, -0.1) is 0 Å². The van der Waals surface area contributed by atoms with Crippen molar-refractivity contribution < 1.29 is 9.84 Å². The number of aromatic hydroxyl groups is 1. The molecule has 1 unspecified atom stereocenters. The van der Waals surface area contributed by atoms with Crippen LogP contribution in [0.2, 0.25) is 0 Å². The molecule has 1 heterocycles. The highest BCUT2D eigenvalue weighted by molar-refractivity contribution is 5.51. The molecule has 1 aromatic rings. The van der Waals surface area contributed by atoms with Crippen LogP contribution in [0.15, 0.2) is 18.2 Å².